The second-order valence-electron chi connectivity index (χ2n) is 4.42. The molecule has 0 atom stereocenters. The Morgan fingerprint density at radius 3 is 1.81 bits per heavy atom. The predicted octanol–water partition coefficient (Wildman–Crippen LogP) is 3.17. The van der Waals surface area contributed by atoms with Gasteiger partial charge in [-0.2, -0.15) is 39.5 Å². The van der Waals surface area contributed by atoms with E-state index in [1.165, 1.54) is 30.3 Å². The SMILES string of the molecule is C[n+]1ccn(CCC(F)(F)C(F)(F)C(F)(F)C(F)(F)F)c1. The normalized spacial score (nSPS) is 14.6. The first kappa shape index (κ1) is 17.6. The monoisotopic (exact) mass is 329 g/mol. The van der Waals surface area contributed by atoms with Gasteiger partial charge in [-0.05, 0) is 0 Å². The molecule has 2 nitrogen and oxygen atoms in total. The molecule has 0 amide bonds. The van der Waals surface area contributed by atoms with E-state index in [1.54, 1.807) is 0 Å². The van der Waals surface area contributed by atoms with Crippen LogP contribution >= 0.6 is 0 Å². The molecule has 0 aliphatic carbocycles. The largest absolute Gasteiger partial charge is 0.460 e. The van der Waals surface area contributed by atoms with Crippen molar-refractivity contribution in [1.82, 2.24) is 4.57 Å². The molecule has 0 aromatic carbocycles. The van der Waals surface area contributed by atoms with Crippen LogP contribution in [0.25, 0.3) is 0 Å². The maximum Gasteiger partial charge on any atom is 0.460 e. The lowest BCUT2D eigenvalue weighted by atomic mass is 10.0. The average molecular weight is 329 g/mol. The highest BCUT2D eigenvalue weighted by Gasteiger charge is 2.81. The van der Waals surface area contributed by atoms with Gasteiger partial charge in [0.25, 0.3) is 0 Å². The van der Waals surface area contributed by atoms with E-state index in [9.17, 15) is 39.5 Å². The van der Waals surface area contributed by atoms with Crippen LogP contribution in [-0.4, -0.2) is 28.5 Å². The molecule has 0 N–H and O–H groups in total. The fourth-order valence-electron chi connectivity index (χ4n) is 1.47. The Kier molecular flexibility index (Phi) is 4.28. The van der Waals surface area contributed by atoms with Gasteiger partial charge in [-0.1, -0.05) is 0 Å². The third-order valence-electron chi connectivity index (χ3n) is 2.72. The van der Waals surface area contributed by atoms with Crippen LogP contribution in [0.2, 0.25) is 0 Å². The fraction of sp³-hybridized carbons (Fsp3) is 0.700. The highest BCUT2D eigenvalue weighted by molar-refractivity contribution is 5.00. The molecule has 0 unspecified atom stereocenters. The van der Waals surface area contributed by atoms with E-state index in [-0.39, 0.29) is 0 Å². The van der Waals surface area contributed by atoms with Gasteiger partial charge in [0.15, 0.2) is 0 Å². The summed E-state index contributed by atoms with van der Waals surface area (Å²) >= 11 is 0. The molecule has 0 saturated heterocycles. The summed E-state index contributed by atoms with van der Waals surface area (Å²) in [5, 5.41) is 0. The number of nitrogens with zero attached hydrogens (tertiary/aromatic N) is 2. The molecule has 0 aliphatic heterocycles. The summed E-state index contributed by atoms with van der Waals surface area (Å²) in [4.78, 5) is 0. The summed E-state index contributed by atoms with van der Waals surface area (Å²) < 4.78 is 115. The second-order valence-corrected chi connectivity index (χ2v) is 4.42. The van der Waals surface area contributed by atoms with E-state index in [4.69, 9.17) is 0 Å². The minimum atomic E-state index is -6.83. The maximum atomic E-state index is 13.2. The second kappa shape index (κ2) is 5.09. The van der Waals surface area contributed by atoms with Crippen LogP contribution in [-0.2, 0) is 13.6 Å². The van der Waals surface area contributed by atoms with Gasteiger partial charge in [-0.15, -0.1) is 0 Å². The van der Waals surface area contributed by atoms with E-state index in [0.717, 1.165) is 4.57 Å². The molecule has 122 valence electrons. The Morgan fingerprint density at radius 2 is 1.43 bits per heavy atom. The first-order chi connectivity index (χ1) is 9.22. The molecule has 0 radical (unpaired) electrons. The van der Waals surface area contributed by atoms with E-state index < -0.39 is 36.9 Å². The fourth-order valence-corrected chi connectivity index (χ4v) is 1.47. The Balaban J connectivity index is 2.94. The number of aromatic nitrogens is 2. The molecule has 1 rings (SSSR count). The van der Waals surface area contributed by atoms with Crippen molar-refractivity contribution in [3.8, 4) is 0 Å². The minimum absolute atomic E-state index is 0.850. The molecule has 0 saturated carbocycles. The van der Waals surface area contributed by atoms with Gasteiger partial charge in [0.2, 0.25) is 6.33 Å². The van der Waals surface area contributed by atoms with Crippen molar-refractivity contribution in [2.45, 2.75) is 36.9 Å². The number of hydrogen-bond donors (Lipinski definition) is 0. The van der Waals surface area contributed by atoms with Gasteiger partial charge in [-0.3, -0.25) is 0 Å². The Hall–Kier alpha value is -1.42. The third kappa shape index (κ3) is 3.10. The topological polar surface area (TPSA) is 8.81 Å². The quantitative estimate of drug-likeness (QED) is 0.580. The van der Waals surface area contributed by atoms with Crippen LogP contribution in [0.1, 0.15) is 6.42 Å². The summed E-state index contributed by atoms with van der Waals surface area (Å²) in [5.74, 6) is -18.9. The van der Waals surface area contributed by atoms with Gasteiger partial charge < -0.3 is 0 Å². The highest BCUT2D eigenvalue weighted by Crippen LogP contribution is 2.54. The average Bonchev–Trinajstić information content (AvgIpc) is 2.70. The molecule has 1 aromatic heterocycles. The number of rotatable bonds is 5. The van der Waals surface area contributed by atoms with Crippen LogP contribution in [0.5, 0.6) is 0 Å². The van der Waals surface area contributed by atoms with E-state index in [2.05, 4.69) is 0 Å². The lowest BCUT2D eigenvalue weighted by Crippen LogP contribution is -2.61. The molecule has 0 spiro atoms. The van der Waals surface area contributed by atoms with Crippen LogP contribution in [0.15, 0.2) is 18.7 Å². The van der Waals surface area contributed by atoms with Crippen LogP contribution in [0.3, 0.4) is 0 Å². The summed E-state index contributed by atoms with van der Waals surface area (Å²) in [7, 11) is 1.47. The Labute approximate surface area is 112 Å². The summed E-state index contributed by atoms with van der Waals surface area (Å²) in [6.07, 6.45) is -4.95. The number of alkyl halides is 9. The van der Waals surface area contributed by atoms with Crippen molar-refractivity contribution in [2.24, 2.45) is 7.05 Å². The van der Waals surface area contributed by atoms with Gasteiger partial charge >= 0.3 is 23.9 Å². The molecule has 11 heteroatoms. The third-order valence-corrected chi connectivity index (χ3v) is 2.72. The van der Waals surface area contributed by atoms with Crippen molar-refractivity contribution >= 4 is 0 Å². The lowest BCUT2D eigenvalue weighted by molar-refractivity contribution is -0.671. The number of aryl methyl sites for hydroxylation is 2. The van der Waals surface area contributed by atoms with E-state index >= 15 is 0 Å². The number of halogens is 9. The van der Waals surface area contributed by atoms with E-state index in [0.29, 0.717) is 0 Å². The van der Waals surface area contributed by atoms with Gasteiger partial charge in [0.1, 0.15) is 12.4 Å². The van der Waals surface area contributed by atoms with E-state index in [1.807, 2.05) is 0 Å². The lowest BCUT2D eigenvalue weighted by Gasteiger charge is -2.33. The number of hydrogen-bond acceptors (Lipinski definition) is 0. The predicted molar refractivity (Wildman–Crippen MR) is 51.1 cm³/mol. The standard InChI is InChI=1S/C10H10F9N2/c1-20-4-5-21(6-20)3-2-7(11,12)8(13,14)9(15,16)10(17,18)19/h4-6H,2-3H2,1H3/q+1. The highest BCUT2D eigenvalue weighted by atomic mass is 19.4. The molecule has 1 heterocycles. The number of imidazole rings is 1. The molecule has 0 aliphatic rings. The van der Waals surface area contributed by atoms with Crippen LogP contribution in [0, 0.1) is 0 Å². The molecular weight excluding hydrogens is 319 g/mol. The van der Waals surface area contributed by atoms with Crippen LogP contribution < -0.4 is 4.57 Å². The van der Waals surface area contributed by atoms with Crippen molar-refractivity contribution in [3.63, 3.8) is 0 Å². The summed E-state index contributed by atoms with van der Waals surface area (Å²) in [6.45, 7) is -0.850. The van der Waals surface area contributed by atoms with Crippen molar-refractivity contribution in [3.05, 3.63) is 18.7 Å². The van der Waals surface area contributed by atoms with Crippen molar-refractivity contribution < 1.29 is 44.1 Å². The zero-order valence-corrected chi connectivity index (χ0v) is 10.4. The molecule has 0 fully saturated rings. The first-order valence-electron chi connectivity index (χ1n) is 5.43. The van der Waals surface area contributed by atoms with Gasteiger partial charge in [0.05, 0.1) is 20.0 Å². The summed E-state index contributed by atoms with van der Waals surface area (Å²) in [6, 6.07) is 0. The zero-order valence-electron chi connectivity index (χ0n) is 10.4. The minimum Gasteiger partial charge on any atom is -0.240 e. The maximum absolute atomic E-state index is 13.2. The van der Waals surface area contributed by atoms with Gasteiger partial charge in [-0.25, -0.2) is 9.13 Å². The smallest absolute Gasteiger partial charge is 0.240 e. The molecule has 0 bridgehead atoms. The zero-order chi connectivity index (χ0) is 16.7. The van der Waals surface area contributed by atoms with Crippen molar-refractivity contribution in [1.29, 1.82) is 0 Å². The first-order valence-corrected chi connectivity index (χ1v) is 5.43. The summed E-state index contributed by atoms with van der Waals surface area (Å²) in [5.41, 5.74) is 0. The molecule has 21 heavy (non-hydrogen) atoms. The van der Waals surface area contributed by atoms with Crippen molar-refractivity contribution in [2.75, 3.05) is 0 Å². The van der Waals surface area contributed by atoms with Crippen LogP contribution in [0.4, 0.5) is 39.5 Å². The molecule has 1 aromatic rings. The molecular formula is C10H10F9N2+. The Bertz CT molecular complexity index is 489. The Morgan fingerprint density at radius 1 is 0.905 bits per heavy atom. The van der Waals surface area contributed by atoms with Gasteiger partial charge in [0, 0.05) is 0 Å².